The third-order valence-electron chi connectivity index (χ3n) is 3.02. The van der Waals surface area contributed by atoms with Crippen LogP contribution in [0.25, 0.3) is 0 Å². The standard InChI is InChI=1S/C16H16ClNO4S/c1-2-22-15-10(4-3-5-12(15)17)8-14(19)18-9-11-6-7-13(23-11)16(20)21/h3-7H,2,8-9H2,1H3,(H,18,19)(H,20,21). The third-order valence-corrected chi connectivity index (χ3v) is 4.39. The molecule has 0 unspecified atom stereocenters. The second kappa shape index (κ2) is 7.99. The lowest BCUT2D eigenvalue weighted by atomic mass is 10.1. The summed E-state index contributed by atoms with van der Waals surface area (Å²) in [6.07, 6.45) is 0.146. The molecule has 0 radical (unpaired) electrons. The minimum absolute atomic E-state index is 0.146. The molecule has 0 bridgehead atoms. The van der Waals surface area contributed by atoms with Gasteiger partial charge < -0.3 is 15.2 Å². The van der Waals surface area contributed by atoms with E-state index in [1.165, 1.54) is 6.07 Å². The number of amides is 1. The molecule has 0 fully saturated rings. The number of thiophene rings is 1. The van der Waals surface area contributed by atoms with Crippen molar-refractivity contribution in [1.29, 1.82) is 0 Å². The molecule has 0 aliphatic heterocycles. The van der Waals surface area contributed by atoms with Gasteiger partial charge in [0.05, 0.1) is 24.6 Å². The average molecular weight is 354 g/mol. The molecule has 2 aromatic rings. The third kappa shape index (κ3) is 4.71. The Labute approximate surface area is 142 Å². The monoisotopic (exact) mass is 353 g/mol. The highest BCUT2D eigenvalue weighted by Gasteiger charge is 2.13. The molecule has 23 heavy (non-hydrogen) atoms. The number of rotatable bonds is 7. The van der Waals surface area contributed by atoms with Crippen LogP contribution >= 0.6 is 22.9 Å². The fourth-order valence-corrected chi connectivity index (χ4v) is 3.04. The number of carbonyl (C=O) groups excluding carboxylic acids is 1. The number of nitrogens with one attached hydrogen (secondary N) is 1. The fraction of sp³-hybridized carbons (Fsp3) is 0.250. The van der Waals surface area contributed by atoms with Crippen LogP contribution in [0.2, 0.25) is 5.02 Å². The molecule has 2 N–H and O–H groups in total. The molecule has 122 valence electrons. The molecule has 0 aliphatic carbocycles. The smallest absolute Gasteiger partial charge is 0.345 e. The first-order valence-electron chi connectivity index (χ1n) is 7.00. The Morgan fingerprint density at radius 1 is 1.30 bits per heavy atom. The minimum Gasteiger partial charge on any atom is -0.492 e. The Morgan fingerprint density at radius 3 is 2.74 bits per heavy atom. The van der Waals surface area contributed by atoms with Gasteiger partial charge in [-0.25, -0.2) is 4.79 Å². The van der Waals surface area contributed by atoms with Crippen LogP contribution in [-0.4, -0.2) is 23.6 Å². The lowest BCUT2D eigenvalue weighted by molar-refractivity contribution is -0.120. The SMILES string of the molecule is CCOc1c(Cl)cccc1CC(=O)NCc1ccc(C(=O)O)s1. The number of aromatic carboxylic acids is 1. The number of benzene rings is 1. The van der Waals surface area contributed by atoms with Crippen LogP contribution in [0.5, 0.6) is 5.75 Å². The highest BCUT2D eigenvalue weighted by Crippen LogP contribution is 2.29. The second-order valence-electron chi connectivity index (χ2n) is 4.69. The van der Waals surface area contributed by atoms with Crippen molar-refractivity contribution in [3.63, 3.8) is 0 Å². The van der Waals surface area contributed by atoms with Gasteiger partial charge in [-0.05, 0) is 25.1 Å². The van der Waals surface area contributed by atoms with Crippen LogP contribution in [0.3, 0.4) is 0 Å². The molecule has 7 heteroatoms. The maximum atomic E-state index is 12.1. The number of ether oxygens (including phenoxy) is 1. The van der Waals surface area contributed by atoms with Crippen molar-refractivity contribution in [3.05, 3.63) is 50.7 Å². The van der Waals surface area contributed by atoms with E-state index in [1.807, 2.05) is 6.92 Å². The van der Waals surface area contributed by atoms with Gasteiger partial charge in [0.15, 0.2) is 0 Å². The number of carboxylic acid groups (broad SMARTS) is 1. The Kier molecular flexibility index (Phi) is 6.01. The van der Waals surface area contributed by atoms with Crippen LogP contribution in [0.4, 0.5) is 0 Å². The van der Waals surface area contributed by atoms with Crippen molar-refractivity contribution >= 4 is 34.8 Å². The van der Waals surface area contributed by atoms with Gasteiger partial charge in [0.2, 0.25) is 5.91 Å². The summed E-state index contributed by atoms with van der Waals surface area (Å²) in [5.41, 5.74) is 0.717. The van der Waals surface area contributed by atoms with Gasteiger partial charge in [0.1, 0.15) is 10.6 Å². The van der Waals surface area contributed by atoms with E-state index in [2.05, 4.69) is 5.32 Å². The lowest BCUT2D eigenvalue weighted by Gasteiger charge is -2.11. The Morgan fingerprint density at radius 2 is 2.09 bits per heavy atom. The fourth-order valence-electron chi connectivity index (χ4n) is 2.01. The van der Waals surface area contributed by atoms with E-state index in [4.69, 9.17) is 21.4 Å². The predicted octanol–water partition coefficient (Wildman–Crippen LogP) is 3.36. The molecule has 0 aliphatic rings. The number of carboxylic acids is 1. The highest BCUT2D eigenvalue weighted by atomic mass is 35.5. The molecule has 1 aromatic heterocycles. The highest BCUT2D eigenvalue weighted by molar-refractivity contribution is 7.13. The van der Waals surface area contributed by atoms with Gasteiger partial charge in [-0.3, -0.25) is 4.79 Å². The van der Waals surface area contributed by atoms with E-state index in [1.54, 1.807) is 24.3 Å². The molecule has 1 amide bonds. The Balaban J connectivity index is 1.97. The van der Waals surface area contributed by atoms with Gasteiger partial charge in [0.25, 0.3) is 0 Å². The normalized spacial score (nSPS) is 10.3. The molecular formula is C16H16ClNO4S. The average Bonchev–Trinajstić information content (AvgIpc) is 2.98. The maximum absolute atomic E-state index is 12.1. The number of hydrogen-bond donors (Lipinski definition) is 2. The number of carbonyl (C=O) groups is 2. The van der Waals surface area contributed by atoms with Crippen molar-refractivity contribution in [2.24, 2.45) is 0 Å². The zero-order chi connectivity index (χ0) is 16.8. The van der Waals surface area contributed by atoms with E-state index >= 15 is 0 Å². The minimum atomic E-state index is -0.965. The van der Waals surface area contributed by atoms with Crippen molar-refractivity contribution in [2.45, 2.75) is 19.9 Å². The zero-order valence-electron chi connectivity index (χ0n) is 12.5. The Bertz CT molecular complexity index is 714. The van der Waals surface area contributed by atoms with E-state index in [-0.39, 0.29) is 17.2 Å². The van der Waals surface area contributed by atoms with Gasteiger partial charge in [-0.1, -0.05) is 23.7 Å². The van der Waals surface area contributed by atoms with Crippen molar-refractivity contribution in [3.8, 4) is 5.75 Å². The van der Waals surface area contributed by atoms with Crippen molar-refractivity contribution in [2.75, 3.05) is 6.61 Å². The quantitative estimate of drug-likeness (QED) is 0.800. The largest absolute Gasteiger partial charge is 0.492 e. The van der Waals surface area contributed by atoms with Crippen LogP contribution in [0.1, 0.15) is 27.0 Å². The number of hydrogen-bond acceptors (Lipinski definition) is 4. The van der Waals surface area contributed by atoms with Gasteiger partial charge in [-0.15, -0.1) is 11.3 Å². The molecule has 0 spiro atoms. The van der Waals surface area contributed by atoms with E-state index in [0.29, 0.717) is 29.5 Å². The lowest BCUT2D eigenvalue weighted by Crippen LogP contribution is -2.24. The molecular weight excluding hydrogens is 338 g/mol. The zero-order valence-corrected chi connectivity index (χ0v) is 14.0. The molecule has 0 saturated carbocycles. The summed E-state index contributed by atoms with van der Waals surface area (Å²) in [6.45, 7) is 2.61. The summed E-state index contributed by atoms with van der Waals surface area (Å²) in [5.74, 6) is -0.623. The molecule has 5 nitrogen and oxygen atoms in total. The first-order chi connectivity index (χ1) is 11.0. The van der Waals surface area contributed by atoms with E-state index < -0.39 is 5.97 Å². The first kappa shape index (κ1) is 17.3. The summed E-state index contributed by atoms with van der Waals surface area (Å²) < 4.78 is 5.49. The van der Waals surface area contributed by atoms with Crippen LogP contribution in [-0.2, 0) is 17.8 Å². The summed E-state index contributed by atoms with van der Waals surface area (Å²) >= 11 is 7.23. The predicted molar refractivity (Wildman–Crippen MR) is 89.5 cm³/mol. The summed E-state index contributed by atoms with van der Waals surface area (Å²) in [5, 5.41) is 12.1. The molecule has 1 heterocycles. The van der Waals surface area contributed by atoms with Crippen LogP contribution in [0.15, 0.2) is 30.3 Å². The van der Waals surface area contributed by atoms with Gasteiger partial charge >= 0.3 is 5.97 Å². The second-order valence-corrected chi connectivity index (χ2v) is 6.26. The summed E-state index contributed by atoms with van der Waals surface area (Å²) in [6, 6.07) is 8.50. The van der Waals surface area contributed by atoms with E-state index in [9.17, 15) is 9.59 Å². The van der Waals surface area contributed by atoms with Crippen molar-refractivity contribution < 1.29 is 19.4 Å². The molecule has 2 rings (SSSR count). The Hall–Kier alpha value is -2.05. The number of halogens is 1. The van der Waals surface area contributed by atoms with Gasteiger partial charge in [-0.2, -0.15) is 0 Å². The van der Waals surface area contributed by atoms with E-state index in [0.717, 1.165) is 16.2 Å². The van der Waals surface area contributed by atoms with Crippen LogP contribution in [0, 0.1) is 0 Å². The summed E-state index contributed by atoms with van der Waals surface area (Å²) in [4.78, 5) is 23.9. The van der Waals surface area contributed by atoms with Gasteiger partial charge in [0, 0.05) is 10.4 Å². The molecule has 0 atom stereocenters. The van der Waals surface area contributed by atoms with Crippen molar-refractivity contribution in [1.82, 2.24) is 5.32 Å². The summed E-state index contributed by atoms with van der Waals surface area (Å²) in [7, 11) is 0. The number of para-hydroxylation sites is 1. The molecule has 0 saturated heterocycles. The molecule has 1 aromatic carbocycles. The first-order valence-corrected chi connectivity index (χ1v) is 8.19. The maximum Gasteiger partial charge on any atom is 0.345 e. The topological polar surface area (TPSA) is 75.6 Å². The van der Waals surface area contributed by atoms with Crippen LogP contribution < -0.4 is 10.1 Å².